The number of benzene rings is 2. The zero-order valence-electron chi connectivity index (χ0n) is 17.0. The Morgan fingerprint density at radius 3 is 2.66 bits per heavy atom. The maximum Gasteiger partial charge on any atom is 0.251 e. The maximum atomic E-state index is 12.6. The molecule has 1 N–H and O–H groups in total. The molecule has 0 spiro atoms. The summed E-state index contributed by atoms with van der Waals surface area (Å²) in [5.41, 5.74) is 3.79. The molecule has 0 atom stereocenters. The van der Waals surface area contributed by atoms with E-state index >= 15 is 0 Å². The smallest absolute Gasteiger partial charge is 0.251 e. The molecule has 0 unspecified atom stereocenters. The standard InChI is InChI=1S/C23H26BrN3O2/c1-4-27-22(21(24)13-26-27)14-25-23(28)19-7-5-6-17(12-19)15-29-20-10-8-18(9-11-20)16(2)3/h5-13,16H,4,14-15H2,1-3H3,(H,25,28). The van der Waals surface area contributed by atoms with E-state index in [4.69, 9.17) is 4.74 Å². The van der Waals surface area contributed by atoms with Gasteiger partial charge in [-0.2, -0.15) is 5.10 Å². The molecule has 0 saturated carbocycles. The zero-order chi connectivity index (χ0) is 20.8. The van der Waals surface area contributed by atoms with E-state index in [1.807, 2.05) is 48.0 Å². The monoisotopic (exact) mass is 455 g/mol. The van der Waals surface area contributed by atoms with E-state index in [-0.39, 0.29) is 5.91 Å². The fraction of sp³-hybridized carbons (Fsp3) is 0.304. The number of hydrogen-bond acceptors (Lipinski definition) is 3. The van der Waals surface area contributed by atoms with E-state index in [1.54, 1.807) is 6.20 Å². The normalized spacial score (nSPS) is 10.9. The van der Waals surface area contributed by atoms with Crippen LogP contribution in [0.1, 0.15) is 53.9 Å². The second-order valence-corrected chi connectivity index (χ2v) is 8.00. The number of nitrogens with zero attached hydrogens (tertiary/aromatic N) is 2. The molecule has 0 aliphatic rings. The predicted molar refractivity (Wildman–Crippen MR) is 118 cm³/mol. The first-order valence-corrected chi connectivity index (χ1v) is 10.6. The highest BCUT2D eigenvalue weighted by Crippen LogP contribution is 2.20. The van der Waals surface area contributed by atoms with Gasteiger partial charge >= 0.3 is 0 Å². The van der Waals surface area contributed by atoms with E-state index in [0.29, 0.717) is 24.6 Å². The van der Waals surface area contributed by atoms with Crippen molar-refractivity contribution >= 4 is 21.8 Å². The summed E-state index contributed by atoms with van der Waals surface area (Å²) >= 11 is 3.48. The third-order valence-corrected chi connectivity index (χ3v) is 5.42. The van der Waals surface area contributed by atoms with E-state index in [9.17, 15) is 4.79 Å². The van der Waals surface area contributed by atoms with Gasteiger partial charge in [-0.1, -0.05) is 38.1 Å². The Balaban J connectivity index is 1.59. The summed E-state index contributed by atoms with van der Waals surface area (Å²) < 4.78 is 8.63. The SMILES string of the molecule is CCn1ncc(Br)c1CNC(=O)c1cccc(COc2ccc(C(C)C)cc2)c1. The average molecular weight is 456 g/mol. The summed E-state index contributed by atoms with van der Waals surface area (Å²) in [6.45, 7) is 7.93. The third-order valence-electron chi connectivity index (χ3n) is 4.76. The van der Waals surface area contributed by atoms with Crippen molar-refractivity contribution in [3.63, 3.8) is 0 Å². The van der Waals surface area contributed by atoms with Gasteiger partial charge in [0.15, 0.2) is 0 Å². The predicted octanol–water partition coefficient (Wildman–Crippen LogP) is 5.30. The fourth-order valence-electron chi connectivity index (χ4n) is 3.02. The van der Waals surface area contributed by atoms with Crippen molar-refractivity contribution in [2.45, 2.75) is 46.4 Å². The van der Waals surface area contributed by atoms with Gasteiger partial charge in [0.25, 0.3) is 5.91 Å². The quantitative estimate of drug-likeness (QED) is 0.501. The highest BCUT2D eigenvalue weighted by molar-refractivity contribution is 9.10. The number of ether oxygens (including phenoxy) is 1. The minimum atomic E-state index is -0.121. The molecule has 1 heterocycles. The molecular formula is C23H26BrN3O2. The second-order valence-electron chi connectivity index (χ2n) is 7.15. The summed E-state index contributed by atoms with van der Waals surface area (Å²) in [5, 5.41) is 7.23. The lowest BCUT2D eigenvalue weighted by molar-refractivity contribution is 0.0949. The number of carbonyl (C=O) groups excluding carboxylic acids is 1. The van der Waals surface area contributed by atoms with Crippen LogP contribution in [0.15, 0.2) is 59.2 Å². The molecule has 0 saturated heterocycles. The Morgan fingerprint density at radius 1 is 1.21 bits per heavy atom. The summed E-state index contributed by atoms with van der Waals surface area (Å²) in [6, 6.07) is 15.7. The van der Waals surface area contributed by atoms with Crippen molar-refractivity contribution in [3.8, 4) is 5.75 Å². The minimum absolute atomic E-state index is 0.121. The first-order chi connectivity index (χ1) is 14.0. The van der Waals surface area contributed by atoms with Crippen LogP contribution in [0.25, 0.3) is 0 Å². The average Bonchev–Trinajstić information content (AvgIpc) is 3.10. The molecule has 6 heteroatoms. The molecule has 0 aliphatic heterocycles. The van der Waals surface area contributed by atoms with Crippen molar-refractivity contribution < 1.29 is 9.53 Å². The molecule has 0 radical (unpaired) electrons. The van der Waals surface area contributed by atoms with Crippen molar-refractivity contribution in [2.75, 3.05) is 0 Å². The van der Waals surface area contributed by atoms with Crippen LogP contribution in [0.2, 0.25) is 0 Å². The molecule has 0 bridgehead atoms. The number of amides is 1. The van der Waals surface area contributed by atoms with Crippen LogP contribution in [-0.4, -0.2) is 15.7 Å². The van der Waals surface area contributed by atoms with Crippen LogP contribution in [0.4, 0.5) is 0 Å². The minimum Gasteiger partial charge on any atom is -0.489 e. The lowest BCUT2D eigenvalue weighted by atomic mass is 10.0. The van der Waals surface area contributed by atoms with E-state index in [0.717, 1.165) is 28.0 Å². The summed E-state index contributed by atoms with van der Waals surface area (Å²) in [4.78, 5) is 12.6. The Bertz CT molecular complexity index is 965. The van der Waals surface area contributed by atoms with Gasteiger partial charge in [0, 0.05) is 12.1 Å². The van der Waals surface area contributed by atoms with Gasteiger partial charge < -0.3 is 10.1 Å². The molecular weight excluding hydrogens is 430 g/mol. The highest BCUT2D eigenvalue weighted by Gasteiger charge is 2.11. The molecule has 152 valence electrons. The number of hydrogen-bond donors (Lipinski definition) is 1. The van der Waals surface area contributed by atoms with Crippen molar-refractivity contribution in [3.05, 3.63) is 81.6 Å². The molecule has 3 rings (SSSR count). The van der Waals surface area contributed by atoms with Crippen molar-refractivity contribution in [1.29, 1.82) is 0 Å². The van der Waals surface area contributed by atoms with Gasteiger partial charge in [-0.05, 0) is 64.2 Å². The summed E-state index contributed by atoms with van der Waals surface area (Å²) in [6.07, 6.45) is 1.75. The molecule has 2 aromatic carbocycles. The van der Waals surface area contributed by atoms with Crippen LogP contribution in [0, 0.1) is 0 Å². The van der Waals surface area contributed by atoms with Crippen LogP contribution in [-0.2, 0) is 19.7 Å². The van der Waals surface area contributed by atoms with E-state index in [1.165, 1.54) is 5.56 Å². The lowest BCUT2D eigenvalue weighted by Crippen LogP contribution is -2.24. The van der Waals surface area contributed by atoms with Gasteiger partial charge in [0.1, 0.15) is 12.4 Å². The summed E-state index contributed by atoms with van der Waals surface area (Å²) in [5.74, 6) is 1.20. The molecule has 5 nitrogen and oxygen atoms in total. The van der Waals surface area contributed by atoms with Gasteiger partial charge in [-0.15, -0.1) is 0 Å². The number of rotatable bonds is 8. The van der Waals surface area contributed by atoms with Crippen LogP contribution >= 0.6 is 15.9 Å². The maximum absolute atomic E-state index is 12.6. The Kier molecular flexibility index (Phi) is 7.09. The van der Waals surface area contributed by atoms with Gasteiger partial charge in [0.05, 0.1) is 22.9 Å². The molecule has 1 amide bonds. The summed E-state index contributed by atoms with van der Waals surface area (Å²) in [7, 11) is 0. The Labute approximate surface area is 180 Å². The van der Waals surface area contributed by atoms with Crippen molar-refractivity contribution in [1.82, 2.24) is 15.1 Å². The van der Waals surface area contributed by atoms with Crippen molar-refractivity contribution in [2.24, 2.45) is 0 Å². The van der Waals surface area contributed by atoms with E-state index in [2.05, 4.69) is 52.3 Å². The van der Waals surface area contributed by atoms with Crippen LogP contribution in [0.3, 0.4) is 0 Å². The molecule has 3 aromatic rings. The Hall–Kier alpha value is -2.60. The third kappa shape index (κ3) is 5.48. The second kappa shape index (κ2) is 9.74. The van der Waals surface area contributed by atoms with Gasteiger partial charge in [0.2, 0.25) is 0 Å². The molecule has 0 fully saturated rings. The highest BCUT2D eigenvalue weighted by atomic mass is 79.9. The number of carbonyl (C=O) groups is 1. The largest absolute Gasteiger partial charge is 0.489 e. The van der Waals surface area contributed by atoms with Crippen LogP contribution < -0.4 is 10.1 Å². The van der Waals surface area contributed by atoms with E-state index < -0.39 is 0 Å². The first-order valence-electron chi connectivity index (χ1n) is 9.78. The molecule has 1 aromatic heterocycles. The number of aromatic nitrogens is 2. The topological polar surface area (TPSA) is 56.2 Å². The number of aryl methyl sites for hydroxylation is 1. The number of halogens is 1. The zero-order valence-corrected chi connectivity index (χ0v) is 18.6. The number of nitrogens with one attached hydrogen (secondary N) is 1. The van der Waals surface area contributed by atoms with Gasteiger partial charge in [-0.3, -0.25) is 9.48 Å². The molecule has 29 heavy (non-hydrogen) atoms. The van der Waals surface area contributed by atoms with Crippen LogP contribution in [0.5, 0.6) is 5.75 Å². The first kappa shape index (κ1) is 21.1. The lowest BCUT2D eigenvalue weighted by Gasteiger charge is -2.11. The Morgan fingerprint density at radius 2 is 1.97 bits per heavy atom. The molecule has 0 aliphatic carbocycles. The van der Waals surface area contributed by atoms with Gasteiger partial charge in [-0.25, -0.2) is 0 Å². The fourth-order valence-corrected chi connectivity index (χ4v) is 3.46.